The van der Waals surface area contributed by atoms with Gasteiger partial charge in [0.1, 0.15) is 11.9 Å². The van der Waals surface area contributed by atoms with Crippen LogP contribution in [0.15, 0.2) is 24.3 Å². The van der Waals surface area contributed by atoms with Crippen LogP contribution in [-0.2, 0) is 4.74 Å². The fourth-order valence-corrected chi connectivity index (χ4v) is 2.45. The third-order valence-corrected chi connectivity index (χ3v) is 3.42. The molecule has 1 aromatic carbocycles. The summed E-state index contributed by atoms with van der Waals surface area (Å²) >= 11 is 1.77. The lowest BCUT2D eigenvalue weighted by atomic mass is 10.1. The van der Waals surface area contributed by atoms with E-state index in [2.05, 4.69) is 0 Å². The van der Waals surface area contributed by atoms with Crippen LogP contribution in [0, 0.1) is 5.82 Å². The van der Waals surface area contributed by atoms with Gasteiger partial charge in [-0.15, -0.1) is 0 Å². The van der Waals surface area contributed by atoms with Gasteiger partial charge in [-0.25, -0.2) is 4.39 Å². The third kappa shape index (κ3) is 2.71. The van der Waals surface area contributed by atoms with Gasteiger partial charge in [-0.1, -0.05) is 12.1 Å². The van der Waals surface area contributed by atoms with Crippen LogP contribution in [0.4, 0.5) is 4.39 Å². The van der Waals surface area contributed by atoms with Crippen LogP contribution in [0.25, 0.3) is 0 Å². The summed E-state index contributed by atoms with van der Waals surface area (Å²) in [6.45, 7) is 0.674. The van der Waals surface area contributed by atoms with Crippen molar-refractivity contribution in [1.82, 2.24) is 0 Å². The molecule has 1 fully saturated rings. The van der Waals surface area contributed by atoms with E-state index in [0.717, 1.165) is 11.5 Å². The fourth-order valence-electron chi connectivity index (χ4n) is 1.56. The molecule has 0 aliphatic carbocycles. The molecule has 2 atom stereocenters. The normalized spacial score (nSPS) is 23.7. The van der Waals surface area contributed by atoms with Crippen molar-refractivity contribution in [3.05, 3.63) is 35.6 Å². The molecule has 1 heterocycles. The van der Waals surface area contributed by atoms with Gasteiger partial charge < -0.3 is 9.84 Å². The third-order valence-electron chi connectivity index (χ3n) is 2.41. The van der Waals surface area contributed by atoms with Gasteiger partial charge >= 0.3 is 0 Å². The fraction of sp³-hybridized carbons (Fsp3) is 0.455. The molecule has 2 rings (SSSR count). The number of rotatable bonds is 2. The van der Waals surface area contributed by atoms with Crippen molar-refractivity contribution in [1.29, 1.82) is 0 Å². The maximum atomic E-state index is 12.7. The van der Waals surface area contributed by atoms with Crippen molar-refractivity contribution >= 4 is 11.8 Å². The van der Waals surface area contributed by atoms with Gasteiger partial charge in [0.05, 0.1) is 12.7 Å². The Hall–Kier alpha value is -0.580. The van der Waals surface area contributed by atoms with Crippen LogP contribution in [0.1, 0.15) is 11.7 Å². The topological polar surface area (TPSA) is 29.5 Å². The van der Waals surface area contributed by atoms with E-state index in [9.17, 15) is 9.50 Å². The molecule has 1 N–H and O–H groups in total. The summed E-state index contributed by atoms with van der Waals surface area (Å²) in [6, 6.07) is 5.91. The molecule has 15 heavy (non-hydrogen) atoms. The first kappa shape index (κ1) is 10.9. The number of hydrogen-bond acceptors (Lipinski definition) is 3. The molecule has 0 bridgehead atoms. The zero-order valence-electron chi connectivity index (χ0n) is 8.23. The number of ether oxygens (including phenoxy) is 1. The van der Waals surface area contributed by atoms with Crippen LogP contribution >= 0.6 is 11.8 Å². The van der Waals surface area contributed by atoms with Crippen molar-refractivity contribution in [2.24, 2.45) is 0 Å². The lowest BCUT2D eigenvalue weighted by Crippen LogP contribution is -2.29. The van der Waals surface area contributed by atoms with Gasteiger partial charge in [-0.2, -0.15) is 11.8 Å². The molecule has 0 saturated carbocycles. The molecule has 2 nitrogen and oxygen atoms in total. The van der Waals surface area contributed by atoms with Crippen LogP contribution in [-0.4, -0.2) is 29.3 Å². The summed E-state index contributed by atoms with van der Waals surface area (Å²) in [5.74, 6) is 1.48. The second-order valence-electron chi connectivity index (χ2n) is 3.48. The van der Waals surface area contributed by atoms with Crippen molar-refractivity contribution in [2.75, 3.05) is 18.1 Å². The first-order valence-corrected chi connectivity index (χ1v) is 6.06. The molecular weight excluding hydrogens is 215 g/mol. The van der Waals surface area contributed by atoms with E-state index in [4.69, 9.17) is 4.74 Å². The van der Waals surface area contributed by atoms with Crippen LogP contribution < -0.4 is 0 Å². The second-order valence-corrected chi connectivity index (χ2v) is 4.63. The minimum Gasteiger partial charge on any atom is -0.386 e. The van der Waals surface area contributed by atoms with Crippen LogP contribution in [0.5, 0.6) is 0 Å². The van der Waals surface area contributed by atoms with E-state index in [-0.39, 0.29) is 11.9 Å². The van der Waals surface area contributed by atoms with Gasteiger partial charge in [0.2, 0.25) is 0 Å². The Morgan fingerprint density at radius 2 is 2.13 bits per heavy atom. The molecule has 1 aromatic rings. The summed E-state index contributed by atoms with van der Waals surface area (Å²) in [5, 5.41) is 9.98. The highest BCUT2D eigenvalue weighted by molar-refractivity contribution is 7.99. The first-order valence-electron chi connectivity index (χ1n) is 4.90. The highest BCUT2D eigenvalue weighted by atomic mass is 32.2. The SMILES string of the molecule is OC(c1ccc(F)cc1)C1CSCCO1. The van der Waals surface area contributed by atoms with E-state index in [0.29, 0.717) is 12.2 Å². The summed E-state index contributed by atoms with van der Waals surface area (Å²) in [7, 11) is 0. The predicted octanol–water partition coefficient (Wildman–Crippen LogP) is 1.99. The Labute approximate surface area is 92.4 Å². The predicted molar refractivity (Wildman–Crippen MR) is 58.4 cm³/mol. The Balaban J connectivity index is 2.05. The molecule has 0 amide bonds. The number of hydrogen-bond donors (Lipinski definition) is 1. The lowest BCUT2D eigenvalue weighted by Gasteiger charge is -2.26. The second kappa shape index (κ2) is 4.96. The Kier molecular flexibility index (Phi) is 3.61. The summed E-state index contributed by atoms with van der Waals surface area (Å²) in [5.41, 5.74) is 0.712. The van der Waals surface area contributed by atoms with E-state index >= 15 is 0 Å². The smallest absolute Gasteiger partial charge is 0.123 e. The van der Waals surface area contributed by atoms with Gasteiger partial charge in [0.15, 0.2) is 0 Å². The molecule has 1 aliphatic heterocycles. The maximum absolute atomic E-state index is 12.7. The number of benzene rings is 1. The lowest BCUT2D eigenvalue weighted by molar-refractivity contribution is -0.0227. The van der Waals surface area contributed by atoms with Gasteiger partial charge in [0.25, 0.3) is 0 Å². The number of halogens is 1. The van der Waals surface area contributed by atoms with Gasteiger partial charge in [0, 0.05) is 11.5 Å². The molecule has 0 aromatic heterocycles. The van der Waals surface area contributed by atoms with Crippen molar-refractivity contribution < 1.29 is 14.2 Å². The van der Waals surface area contributed by atoms with Crippen LogP contribution in [0.2, 0.25) is 0 Å². The Bertz CT molecular complexity index is 309. The minimum atomic E-state index is -0.654. The summed E-state index contributed by atoms with van der Waals surface area (Å²) in [4.78, 5) is 0. The summed E-state index contributed by atoms with van der Waals surface area (Å²) in [6.07, 6.45) is -0.826. The van der Waals surface area contributed by atoms with E-state index in [1.165, 1.54) is 12.1 Å². The first-order chi connectivity index (χ1) is 7.27. The van der Waals surface area contributed by atoms with E-state index in [1.54, 1.807) is 23.9 Å². The average Bonchev–Trinajstić information content (AvgIpc) is 2.30. The molecule has 2 unspecified atom stereocenters. The van der Waals surface area contributed by atoms with Crippen LogP contribution in [0.3, 0.4) is 0 Å². The quantitative estimate of drug-likeness (QED) is 0.839. The van der Waals surface area contributed by atoms with Gasteiger partial charge in [-0.3, -0.25) is 0 Å². The number of aliphatic hydroxyl groups excluding tert-OH is 1. The highest BCUT2D eigenvalue weighted by Gasteiger charge is 2.24. The van der Waals surface area contributed by atoms with Gasteiger partial charge in [-0.05, 0) is 17.7 Å². The average molecular weight is 228 g/mol. The van der Waals surface area contributed by atoms with E-state index < -0.39 is 6.10 Å². The molecule has 1 saturated heterocycles. The standard InChI is InChI=1S/C11H13FO2S/c12-9-3-1-8(2-4-9)11(13)10-7-15-6-5-14-10/h1-4,10-11,13H,5-7H2. The Morgan fingerprint density at radius 3 is 2.73 bits per heavy atom. The zero-order chi connectivity index (χ0) is 10.7. The largest absolute Gasteiger partial charge is 0.386 e. The maximum Gasteiger partial charge on any atom is 0.123 e. The molecule has 82 valence electrons. The van der Waals surface area contributed by atoms with Crippen molar-refractivity contribution in [2.45, 2.75) is 12.2 Å². The molecular formula is C11H13FO2S. The van der Waals surface area contributed by atoms with Crippen molar-refractivity contribution in [3.8, 4) is 0 Å². The van der Waals surface area contributed by atoms with E-state index in [1.807, 2.05) is 0 Å². The molecule has 1 aliphatic rings. The molecule has 0 spiro atoms. The number of aliphatic hydroxyl groups is 1. The zero-order valence-corrected chi connectivity index (χ0v) is 9.04. The molecule has 0 radical (unpaired) electrons. The summed E-state index contributed by atoms with van der Waals surface area (Å²) < 4.78 is 18.1. The van der Waals surface area contributed by atoms with Crippen molar-refractivity contribution in [3.63, 3.8) is 0 Å². The highest BCUT2D eigenvalue weighted by Crippen LogP contribution is 2.25. The minimum absolute atomic E-state index is 0.172. The monoisotopic (exact) mass is 228 g/mol. The Morgan fingerprint density at radius 1 is 1.40 bits per heavy atom. The number of thioether (sulfide) groups is 1. The molecule has 4 heteroatoms.